The van der Waals surface area contributed by atoms with Gasteiger partial charge in [0, 0.05) is 18.4 Å². The molecule has 22 heavy (non-hydrogen) atoms. The van der Waals surface area contributed by atoms with E-state index in [1.54, 1.807) is 6.07 Å². The molecule has 7 heteroatoms. The average molecular weight is 324 g/mol. The van der Waals surface area contributed by atoms with Crippen LogP contribution in [-0.2, 0) is 14.6 Å². The Balaban J connectivity index is 2.16. The monoisotopic (exact) mass is 324 g/mol. The van der Waals surface area contributed by atoms with Gasteiger partial charge in [0.1, 0.15) is 22.2 Å². The lowest BCUT2D eigenvalue weighted by atomic mass is 10.0. The van der Waals surface area contributed by atoms with Gasteiger partial charge in [-0.15, -0.1) is 0 Å². The zero-order valence-corrected chi connectivity index (χ0v) is 13.1. The fourth-order valence-corrected chi connectivity index (χ4v) is 4.06. The molecule has 5 nitrogen and oxygen atoms in total. The molecule has 0 aromatic heterocycles. The number of benzene rings is 1. The summed E-state index contributed by atoms with van der Waals surface area (Å²) in [6, 6.07) is 7.34. The normalized spacial score (nSPS) is 15.9. The predicted octanol–water partition coefficient (Wildman–Crippen LogP) is 1.90. The summed E-state index contributed by atoms with van der Waals surface area (Å²) in [5.74, 6) is -0.881. The number of amides is 1. The molecule has 0 spiro atoms. The first-order valence-electron chi connectivity index (χ1n) is 6.85. The number of rotatable bonds is 6. The summed E-state index contributed by atoms with van der Waals surface area (Å²) in [5, 5.41) is 8.88. The van der Waals surface area contributed by atoms with E-state index in [-0.39, 0.29) is 24.6 Å². The van der Waals surface area contributed by atoms with Crippen LogP contribution in [0.1, 0.15) is 19.3 Å². The van der Waals surface area contributed by atoms with Gasteiger partial charge in [0.2, 0.25) is 5.91 Å². The SMILES string of the molecule is CS(=O)(=O)CC1(CC(=O)N(CC#N)c2cccc(F)c2)CC1. The Hall–Kier alpha value is -1.94. The molecular weight excluding hydrogens is 307 g/mol. The van der Waals surface area contributed by atoms with Crippen molar-refractivity contribution in [2.45, 2.75) is 19.3 Å². The summed E-state index contributed by atoms with van der Waals surface area (Å²) in [7, 11) is -3.17. The lowest BCUT2D eigenvalue weighted by molar-refractivity contribution is -0.119. The Morgan fingerprint density at radius 1 is 1.45 bits per heavy atom. The van der Waals surface area contributed by atoms with Gasteiger partial charge < -0.3 is 0 Å². The molecule has 0 aliphatic heterocycles. The Bertz CT molecular complexity index is 721. The van der Waals surface area contributed by atoms with Crippen LogP contribution in [0.15, 0.2) is 24.3 Å². The number of anilines is 1. The Labute approximate surface area is 129 Å². The highest BCUT2D eigenvalue weighted by atomic mass is 32.2. The third-order valence-corrected chi connectivity index (χ3v) is 4.84. The van der Waals surface area contributed by atoms with E-state index in [4.69, 9.17) is 5.26 Å². The van der Waals surface area contributed by atoms with Crippen molar-refractivity contribution in [2.75, 3.05) is 23.5 Å². The molecule has 1 fully saturated rings. The van der Waals surface area contributed by atoms with Gasteiger partial charge in [-0.2, -0.15) is 5.26 Å². The van der Waals surface area contributed by atoms with Crippen LogP contribution in [0.4, 0.5) is 10.1 Å². The quantitative estimate of drug-likeness (QED) is 0.749. The molecule has 0 atom stereocenters. The smallest absolute Gasteiger partial charge is 0.228 e. The van der Waals surface area contributed by atoms with Gasteiger partial charge >= 0.3 is 0 Å². The van der Waals surface area contributed by atoms with E-state index >= 15 is 0 Å². The van der Waals surface area contributed by atoms with Crippen LogP contribution in [0, 0.1) is 22.6 Å². The van der Waals surface area contributed by atoms with Crippen LogP contribution in [0.2, 0.25) is 0 Å². The molecule has 1 saturated carbocycles. The van der Waals surface area contributed by atoms with E-state index in [0.29, 0.717) is 18.5 Å². The highest BCUT2D eigenvalue weighted by Crippen LogP contribution is 2.50. The maximum absolute atomic E-state index is 13.3. The summed E-state index contributed by atoms with van der Waals surface area (Å²) in [6.07, 6.45) is 2.56. The van der Waals surface area contributed by atoms with Crippen molar-refractivity contribution in [3.63, 3.8) is 0 Å². The van der Waals surface area contributed by atoms with Crippen molar-refractivity contribution >= 4 is 21.4 Å². The molecule has 1 amide bonds. The van der Waals surface area contributed by atoms with Crippen LogP contribution in [0.25, 0.3) is 0 Å². The maximum Gasteiger partial charge on any atom is 0.228 e. The zero-order chi connectivity index (χ0) is 16.4. The van der Waals surface area contributed by atoms with Gasteiger partial charge in [0.05, 0.1) is 11.8 Å². The molecule has 118 valence electrons. The fourth-order valence-electron chi connectivity index (χ4n) is 2.56. The lowest BCUT2D eigenvalue weighted by Crippen LogP contribution is -2.34. The van der Waals surface area contributed by atoms with Crippen molar-refractivity contribution in [2.24, 2.45) is 5.41 Å². The molecular formula is C15H17FN2O3S. The number of hydrogen-bond acceptors (Lipinski definition) is 4. The minimum atomic E-state index is -3.17. The molecule has 1 aromatic carbocycles. The lowest BCUT2D eigenvalue weighted by Gasteiger charge is -2.22. The van der Waals surface area contributed by atoms with Crippen molar-refractivity contribution in [1.29, 1.82) is 5.26 Å². The van der Waals surface area contributed by atoms with Gasteiger partial charge in [0.25, 0.3) is 0 Å². The zero-order valence-electron chi connectivity index (χ0n) is 12.3. The minimum Gasteiger partial charge on any atom is -0.298 e. The Kier molecular flexibility index (Phi) is 4.52. The van der Waals surface area contributed by atoms with Crippen LogP contribution in [0.3, 0.4) is 0 Å². The van der Waals surface area contributed by atoms with E-state index in [1.807, 2.05) is 6.07 Å². The topological polar surface area (TPSA) is 78.2 Å². The molecule has 1 aromatic rings. The highest BCUT2D eigenvalue weighted by Gasteiger charge is 2.47. The van der Waals surface area contributed by atoms with Gasteiger partial charge in [0.15, 0.2) is 0 Å². The number of nitrogens with zero attached hydrogens (tertiary/aromatic N) is 2. The summed E-state index contributed by atoms with van der Waals surface area (Å²) >= 11 is 0. The van der Waals surface area contributed by atoms with Crippen LogP contribution >= 0.6 is 0 Å². The van der Waals surface area contributed by atoms with E-state index < -0.39 is 21.1 Å². The Morgan fingerprint density at radius 2 is 2.14 bits per heavy atom. The number of sulfone groups is 1. The average Bonchev–Trinajstić information content (AvgIpc) is 3.12. The number of hydrogen-bond donors (Lipinski definition) is 0. The van der Waals surface area contributed by atoms with Crippen LogP contribution in [0.5, 0.6) is 0 Å². The molecule has 2 rings (SSSR count). The van der Waals surface area contributed by atoms with Crippen molar-refractivity contribution in [3.05, 3.63) is 30.1 Å². The second-order valence-electron chi connectivity index (χ2n) is 5.86. The van der Waals surface area contributed by atoms with Crippen molar-refractivity contribution < 1.29 is 17.6 Å². The molecule has 0 saturated heterocycles. The molecule has 1 aliphatic rings. The number of halogens is 1. The molecule has 1 aliphatic carbocycles. The number of carbonyl (C=O) groups excluding carboxylic acids is 1. The van der Waals surface area contributed by atoms with E-state index in [2.05, 4.69) is 0 Å². The Morgan fingerprint density at radius 3 is 2.64 bits per heavy atom. The third-order valence-electron chi connectivity index (χ3n) is 3.70. The first kappa shape index (κ1) is 16.4. The summed E-state index contributed by atoms with van der Waals surface area (Å²) in [4.78, 5) is 13.6. The fraction of sp³-hybridized carbons (Fsp3) is 0.467. The second-order valence-corrected chi connectivity index (χ2v) is 8.00. The summed E-state index contributed by atoms with van der Waals surface area (Å²) < 4.78 is 36.2. The molecule has 0 heterocycles. The number of nitriles is 1. The van der Waals surface area contributed by atoms with Crippen LogP contribution in [-0.4, -0.2) is 32.9 Å². The van der Waals surface area contributed by atoms with Crippen molar-refractivity contribution in [3.8, 4) is 6.07 Å². The van der Waals surface area contributed by atoms with E-state index in [1.165, 1.54) is 23.1 Å². The standard InChI is InChI=1S/C15H17FN2O3S/c1-22(20,21)11-15(5-6-15)10-14(19)18(8-7-17)13-4-2-3-12(16)9-13/h2-4,9H,5-6,8,10-11H2,1H3. The molecule has 0 N–H and O–H groups in total. The van der Waals surface area contributed by atoms with Gasteiger partial charge in [-0.25, -0.2) is 12.8 Å². The van der Waals surface area contributed by atoms with E-state index in [0.717, 1.165) is 6.26 Å². The summed E-state index contributed by atoms with van der Waals surface area (Å²) in [5.41, 5.74) is -0.215. The first-order valence-corrected chi connectivity index (χ1v) is 8.91. The maximum atomic E-state index is 13.3. The minimum absolute atomic E-state index is 0.0325. The van der Waals surface area contributed by atoms with E-state index in [9.17, 15) is 17.6 Å². The first-order chi connectivity index (χ1) is 10.2. The van der Waals surface area contributed by atoms with Gasteiger partial charge in [-0.3, -0.25) is 9.69 Å². The van der Waals surface area contributed by atoms with Crippen molar-refractivity contribution in [1.82, 2.24) is 0 Å². The second kappa shape index (κ2) is 6.05. The highest BCUT2D eigenvalue weighted by molar-refractivity contribution is 7.90. The van der Waals surface area contributed by atoms with Gasteiger partial charge in [-0.05, 0) is 36.5 Å². The third kappa shape index (κ3) is 4.28. The molecule has 0 bridgehead atoms. The van der Waals surface area contributed by atoms with Gasteiger partial charge in [-0.1, -0.05) is 6.07 Å². The number of carbonyl (C=O) groups is 1. The largest absolute Gasteiger partial charge is 0.298 e. The summed E-state index contributed by atoms with van der Waals surface area (Å²) in [6.45, 7) is -0.197. The molecule has 0 radical (unpaired) electrons. The van der Waals surface area contributed by atoms with Crippen LogP contribution < -0.4 is 4.90 Å². The predicted molar refractivity (Wildman–Crippen MR) is 80.4 cm³/mol. The molecule has 0 unspecified atom stereocenters.